The Morgan fingerprint density at radius 1 is 1.17 bits per heavy atom. The van der Waals surface area contributed by atoms with Crippen molar-refractivity contribution in [2.75, 3.05) is 4.90 Å². The molecule has 2 nitrogen and oxygen atoms in total. The van der Waals surface area contributed by atoms with Crippen molar-refractivity contribution in [1.82, 2.24) is 0 Å². The second-order valence-corrected chi connectivity index (χ2v) is 7.92. The molecule has 0 aliphatic carbocycles. The predicted octanol–water partition coefficient (Wildman–Crippen LogP) is 6.02. The number of hydrogen-bond donors (Lipinski definition) is 0. The van der Waals surface area contributed by atoms with E-state index in [0.717, 1.165) is 22.4 Å². The highest BCUT2D eigenvalue weighted by atomic mass is 35.5. The number of amides is 1. The zero-order chi connectivity index (χ0) is 17.4. The second-order valence-electron chi connectivity index (χ2n) is 5.40. The van der Waals surface area contributed by atoms with E-state index in [1.165, 1.54) is 11.8 Å². The Morgan fingerprint density at radius 3 is 2.62 bits per heavy atom. The minimum Gasteiger partial charge on any atom is -0.268 e. The van der Waals surface area contributed by atoms with E-state index in [0.29, 0.717) is 19.3 Å². The summed E-state index contributed by atoms with van der Waals surface area (Å²) in [6, 6.07) is 11.0. The minimum atomic E-state index is -0.135. The number of aryl methyl sites for hydroxylation is 1. The molecule has 24 heavy (non-hydrogen) atoms. The van der Waals surface area contributed by atoms with Crippen molar-refractivity contribution in [3.05, 3.63) is 68.0 Å². The number of anilines is 1. The van der Waals surface area contributed by atoms with Gasteiger partial charge >= 0.3 is 0 Å². The van der Waals surface area contributed by atoms with E-state index >= 15 is 0 Å². The van der Waals surface area contributed by atoms with E-state index < -0.39 is 0 Å². The van der Waals surface area contributed by atoms with Gasteiger partial charge in [-0.3, -0.25) is 9.69 Å². The van der Waals surface area contributed by atoms with Gasteiger partial charge < -0.3 is 0 Å². The van der Waals surface area contributed by atoms with Crippen molar-refractivity contribution in [2.45, 2.75) is 13.8 Å². The van der Waals surface area contributed by atoms with Gasteiger partial charge in [0.15, 0.2) is 4.32 Å². The van der Waals surface area contributed by atoms with Gasteiger partial charge in [0, 0.05) is 10.0 Å². The van der Waals surface area contributed by atoms with Gasteiger partial charge in [-0.05, 0) is 54.8 Å². The van der Waals surface area contributed by atoms with E-state index in [1.54, 1.807) is 29.2 Å². The fourth-order valence-electron chi connectivity index (χ4n) is 2.41. The number of nitrogens with zero attached hydrogens (tertiary/aromatic N) is 1. The van der Waals surface area contributed by atoms with Gasteiger partial charge in [0.25, 0.3) is 5.91 Å². The highest BCUT2D eigenvalue weighted by Crippen LogP contribution is 2.38. The summed E-state index contributed by atoms with van der Waals surface area (Å²) in [6.45, 7) is 4.00. The first kappa shape index (κ1) is 17.5. The molecule has 0 spiro atoms. The summed E-state index contributed by atoms with van der Waals surface area (Å²) >= 11 is 18.8. The largest absolute Gasteiger partial charge is 0.270 e. The molecule has 2 aromatic carbocycles. The summed E-state index contributed by atoms with van der Waals surface area (Å²) in [6.07, 6.45) is 1.75. The topological polar surface area (TPSA) is 20.3 Å². The number of carbonyl (C=O) groups is 1. The summed E-state index contributed by atoms with van der Waals surface area (Å²) in [7, 11) is 0. The van der Waals surface area contributed by atoms with E-state index in [2.05, 4.69) is 0 Å². The third kappa shape index (κ3) is 3.24. The van der Waals surface area contributed by atoms with Gasteiger partial charge in [-0.15, -0.1) is 0 Å². The van der Waals surface area contributed by atoms with Crippen LogP contribution < -0.4 is 4.90 Å². The van der Waals surface area contributed by atoms with Crippen molar-refractivity contribution in [3.63, 3.8) is 0 Å². The van der Waals surface area contributed by atoms with Crippen LogP contribution in [-0.4, -0.2) is 10.2 Å². The Hall–Kier alpha value is -1.33. The number of thiocarbonyl (C=S) groups is 1. The predicted molar refractivity (Wildman–Crippen MR) is 108 cm³/mol. The molecule has 1 aliphatic heterocycles. The fraction of sp³-hybridized carbons (Fsp3) is 0.111. The molecule has 1 saturated heterocycles. The van der Waals surface area contributed by atoms with Crippen LogP contribution in [0.3, 0.4) is 0 Å². The van der Waals surface area contributed by atoms with Crippen molar-refractivity contribution in [3.8, 4) is 0 Å². The van der Waals surface area contributed by atoms with Crippen LogP contribution in [0.25, 0.3) is 6.08 Å². The lowest BCUT2D eigenvalue weighted by molar-refractivity contribution is -0.113. The molecular weight excluding hydrogens is 381 g/mol. The first-order valence-electron chi connectivity index (χ1n) is 7.17. The molecule has 0 unspecified atom stereocenters. The van der Waals surface area contributed by atoms with Gasteiger partial charge in [0.1, 0.15) is 0 Å². The Morgan fingerprint density at radius 2 is 1.92 bits per heavy atom. The van der Waals surface area contributed by atoms with Gasteiger partial charge in [0.05, 0.1) is 10.6 Å². The summed E-state index contributed by atoms with van der Waals surface area (Å²) < 4.78 is 0.519. The quantitative estimate of drug-likeness (QED) is 0.459. The molecule has 0 atom stereocenters. The van der Waals surface area contributed by atoms with Crippen molar-refractivity contribution < 1.29 is 4.79 Å². The minimum absolute atomic E-state index is 0.135. The van der Waals surface area contributed by atoms with Crippen molar-refractivity contribution >= 4 is 69.2 Å². The lowest BCUT2D eigenvalue weighted by atomic mass is 10.1. The van der Waals surface area contributed by atoms with E-state index in [9.17, 15) is 4.79 Å². The zero-order valence-corrected chi connectivity index (χ0v) is 16.1. The summed E-state index contributed by atoms with van der Waals surface area (Å²) in [5.74, 6) is -0.135. The average molecular weight is 394 g/mol. The van der Waals surface area contributed by atoms with Gasteiger partial charge in [0.2, 0.25) is 0 Å². The molecule has 0 bridgehead atoms. The van der Waals surface area contributed by atoms with Crippen LogP contribution in [0.2, 0.25) is 10.0 Å². The molecule has 1 heterocycles. The molecule has 3 rings (SSSR count). The molecule has 0 aromatic heterocycles. The molecule has 2 aromatic rings. The van der Waals surface area contributed by atoms with Crippen molar-refractivity contribution in [2.24, 2.45) is 0 Å². The Balaban J connectivity index is 2.00. The lowest BCUT2D eigenvalue weighted by Crippen LogP contribution is -2.28. The normalized spacial score (nSPS) is 16.3. The molecule has 6 heteroatoms. The Kier molecular flexibility index (Phi) is 5.02. The third-order valence-corrected chi connectivity index (χ3v) is 5.72. The standard InChI is InChI=1S/C18H13Cl2NOS2/c1-10-4-3-5-15(11(10)2)21-17(22)16(24-18(21)23)8-12-6-7-13(19)9-14(12)20/h3-9H,1-2H3/b16-8+. The summed E-state index contributed by atoms with van der Waals surface area (Å²) in [5.41, 5.74) is 3.72. The van der Waals surface area contributed by atoms with Crippen molar-refractivity contribution in [1.29, 1.82) is 0 Å². The van der Waals surface area contributed by atoms with Crippen LogP contribution >= 0.6 is 47.2 Å². The highest BCUT2D eigenvalue weighted by molar-refractivity contribution is 8.27. The molecule has 0 radical (unpaired) electrons. The molecule has 0 N–H and O–H groups in total. The average Bonchev–Trinajstić information content (AvgIpc) is 2.80. The second kappa shape index (κ2) is 6.89. The Bertz CT molecular complexity index is 893. The molecule has 122 valence electrons. The van der Waals surface area contributed by atoms with Crippen LogP contribution in [0.1, 0.15) is 16.7 Å². The number of hydrogen-bond acceptors (Lipinski definition) is 3. The van der Waals surface area contributed by atoms with Crippen LogP contribution in [0.15, 0.2) is 41.3 Å². The zero-order valence-electron chi connectivity index (χ0n) is 13.0. The molecule has 1 aliphatic rings. The van der Waals surface area contributed by atoms with Gasteiger partial charge in [-0.2, -0.15) is 0 Å². The van der Waals surface area contributed by atoms with E-state index in [1.807, 2.05) is 32.0 Å². The monoisotopic (exact) mass is 393 g/mol. The molecular formula is C18H13Cl2NOS2. The highest BCUT2D eigenvalue weighted by Gasteiger charge is 2.34. The lowest BCUT2D eigenvalue weighted by Gasteiger charge is -2.18. The maximum Gasteiger partial charge on any atom is 0.270 e. The number of thioether (sulfide) groups is 1. The van der Waals surface area contributed by atoms with Crippen LogP contribution in [0.4, 0.5) is 5.69 Å². The third-order valence-electron chi connectivity index (χ3n) is 3.86. The summed E-state index contributed by atoms with van der Waals surface area (Å²) in [4.78, 5) is 15.0. The molecule has 1 fully saturated rings. The van der Waals surface area contributed by atoms with Gasteiger partial charge in [-0.25, -0.2) is 0 Å². The number of benzene rings is 2. The maximum absolute atomic E-state index is 12.8. The number of halogens is 2. The first-order chi connectivity index (χ1) is 11.4. The number of rotatable bonds is 2. The van der Waals surface area contributed by atoms with Crippen LogP contribution in [0, 0.1) is 13.8 Å². The van der Waals surface area contributed by atoms with Crippen LogP contribution in [0.5, 0.6) is 0 Å². The van der Waals surface area contributed by atoms with E-state index in [4.69, 9.17) is 35.4 Å². The fourth-order valence-corrected chi connectivity index (χ4v) is 4.15. The SMILES string of the molecule is Cc1cccc(N2C(=O)/C(=C\c3ccc(Cl)cc3Cl)SC2=S)c1C. The van der Waals surface area contributed by atoms with Gasteiger partial charge in [-0.1, -0.05) is 65.4 Å². The maximum atomic E-state index is 12.8. The first-order valence-corrected chi connectivity index (χ1v) is 9.16. The molecule has 0 saturated carbocycles. The summed E-state index contributed by atoms with van der Waals surface area (Å²) in [5, 5.41) is 1.06. The van der Waals surface area contributed by atoms with E-state index in [-0.39, 0.29) is 5.91 Å². The van der Waals surface area contributed by atoms with Crippen LogP contribution in [-0.2, 0) is 4.79 Å². The molecule has 1 amide bonds. The smallest absolute Gasteiger partial charge is 0.268 e. The number of carbonyl (C=O) groups excluding carboxylic acids is 1. The Labute approximate surface area is 160 Å².